The number of halogens is 2. The highest BCUT2D eigenvalue weighted by Gasteiger charge is 2.22. The van der Waals surface area contributed by atoms with Crippen molar-refractivity contribution in [1.82, 2.24) is 5.32 Å². The van der Waals surface area contributed by atoms with Gasteiger partial charge in [0.05, 0.1) is 15.7 Å². The molecule has 1 saturated carbocycles. The Hall–Kier alpha value is -0.930. The molecule has 0 heterocycles. The number of nitrogen functional groups attached to an aromatic ring is 1. The monoisotopic (exact) mass is 314 g/mol. The molecule has 2 atom stereocenters. The van der Waals surface area contributed by atoms with Gasteiger partial charge in [-0.2, -0.15) is 0 Å². The van der Waals surface area contributed by atoms with Crippen LogP contribution in [0, 0.1) is 11.8 Å². The maximum absolute atomic E-state index is 12.1. The first-order valence-corrected chi connectivity index (χ1v) is 7.77. The number of anilines is 1. The van der Waals surface area contributed by atoms with Crippen molar-refractivity contribution in [3.63, 3.8) is 0 Å². The van der Waals surface area contributed by atoms with Crippen LogP contribution in [-0.2, 0) is 0 Å². The standard InChI is InChI=1S/C15H20Cl2N2O/c1-9-4-2-3-5-10(9)8-19-15(20)11-6-12(16)14(18)13(17)7-11/h6-7,9-10H,2-5,8,18H2,1H3,(H,19,20). The molecule has 1 aromatic rings. The average molecular weight is 315 g/mol. The number of carbonyl (C=O) groups excluding carboxylic acids is 1. The molecule has 1 fully saturated rings. The van der Waals surface area contributed by atoms with E-state index in [0.717, 1.165) is 0 Å². The van der Waals surface area contributed by atoms with Gasteiger partial charge in [-0.25, -0.2) is 0 Å². The summed E-state index contributed by atoms with van der Waals surface area (Å²) >= 11 is 11.9. The molecule has 20 heavy (non-hydrogen) atoms. The minimum absolute atomic E-state index is 0.147. The van der Waals surface area contributed by atoms with Crippen molar-refractivity contribution in [2.45, 2.75) is 32.6 Å². The van der Waals surface area contributed by atoms with E-state index in [-0.39, 0.29) is 5.91 Å². The Morgan fingerprint density at radius 3 is 2.50 bits per heavy atom. The van der Waals surface area contributed by atoms with E-state index in [4.69, 9.17) is 28.9 Å². The Labute approximate surface area is 129 Å². The highest BCUT2D eigenvalue weighted by molar-refractivity contribution is 6.39. The molecule has 3 N–H and O–H groups in total. The van der Waals surface area contributed by atoms with Gasteiger partial charge in [0.15, 0.2) is 0 Å². The molecule has 0 aliphatic heterocycles. The lowest BCUT2D eigenvalue weighted by Crippen LogP contribution is -2.33. The molecule has 5 heteroatoms. The quantitative estimate of drug-likeness (QED) is 0.824. The van der Waals surface area contributed by atoms with Gasteiger partial charge >= 0.3 is 0 Å². The van der Waals surface area contributed by atoms with Crippen molar-refractivity contribution in [2.24, 2.45) is 11.8 Å². The predicted molar refractivity (Wildman–Crippen MR) is 84.3 cm³/mol. The Morgan fingerprint density at radius 2 is 1.90 bits per heavy atom. The van der Waals surface area contributed by atoms with Crippen LogP contribution in [0.3, 0.4) is 0 Å². The Morgan fingerprint density at radius 1 is 1.30 bits per heavy atom. The maximum Gasteiger partial charge on any atom is 0.251 e. The first kappa shape index (κ1) is 15.5. The summed E-state index contributed by atoms with van der Waals surface area (Å²) in [5.74, 6) is 1.08. The summed E-state index contributed by atoms with van der Waals surface area (Å²) < 4.78 is 0. The second-order valence-corrected chi connectivity index (χ2v) is 6.40. The molecule has 0 bridgehead atoms. The fraction of sp³-hybridized carbons (Fsp3) is 0.533. The molecule has 1 aliphatic rings. The SMILES string of the molecule is CC1CCCCC1CNC(=O)c1cc(Cl)c(N)c(Cl)c1. The first-order chi connectivity index (χ1) is 9.49. The van der Waals surface area contributed by atoms with Crippen LogP contribution in [0.15, 0.2) is 12.1 Å². The van der Waals surface area contributed by atoms with Gasteiger partial charge in [0.2, 0.25) is 0 Å². The molecular formula is C15H20Cl2N2O. The molecule has 0 aromatic heterocycles. The molecule has 2 unspecified atom stereocenters. The summed E-state index contributed by atoms with van der Waals surface area (Å²) in [6.45, 7) is 2.96. The van der Waals surface area contributed by atoms with E-state index in [0.29, 0.717) is 39.7 Å². The van der Waals surface area contributed by atoms with E-state index in [1.54, 1.807) is 12.1 Å². The molecule has 1 amide bonds. The van der Waals surface area contributed by atoms with E-state index in [9.17, 15) is 4.79 Å². The summed E-state index contributed by atoms with van der Waals surface area (Å²) in [5.41, 5.74) is 6.43. The molecule has 1 aromatic carbocycles. The molecule has 0 radical (unpaired) electrons. The van der Waals surface area contributed by atoms with Gasteiger partial charge in [-0.1, -0.05) is 49.4 Å². The molecule has 0 saturated heterocycles. The van der Waals surface area contributed by atoms with Crippen molar-refractivity contribution < 1.29 is 4.79 Å². The van der Waals surface area contributed by atoms with Crippen LogP contribution in [-0.4, -0.2) is 12.5 Å². The zero-order valence-electron chi connectivity index (χ0n) is 11.6. The number of nitrogens with one attached hydrogen (secondary N) is 1. The van der Waals surface area contributed by atoms with E-state index in [2.05, 4.69) is 12.2 Å². The zero-order chi connectivity index (χ0) is 14.7. The number of hydrogen-bond donors (Lipinski definition) is 2. The van der Waals surface area contributed by atoms with Crippen LogP contribution in [0.25, 0.3) is 0 Å². The minimum Gasteiger partial charge on any atom is -0.396 e. The van der Waals surface area contributed by atoms with E-state index < -0.39 is 0 Å². The molecule has 2 rings (SSSR count). The Balaban J connectivity index is 1.98. The molecule has 0 spiro atoms. The fourth-order valence-electron chi connectivity index (χ4n) is 2.74. The number of nitrogens with two attached hydrogens (primary N) is 1. The lowest BCUT2D eigenvalue weighted by atomic mass is 9.80. The molecular weight excluding hydrogens is 295 g/mol. The number of carbonyl (C=O) groups is 1. The summed E-state index contributed by atoms with van der Waals surface area (Å²) in [7, 11) is 0. The van der Waals surface area contributed by atoms with Gasteiger partial charge in [0.25, 0.3) is 5.91 Å². The van der Waals surface area contributed by atoms with E-state index in [1.807, 2.05) is 0 Å². The van der Waals surface area contributed by atoms with Crippen LogP contribution in [0.2, 0.25) is 10.0 Å². The molecule has 1 aliphatic carbocycles. The van der Waals surface area contributed by atoms with E-state index in [1.165, 1.54) is 25.7 Å². The van der Waals surface area contributed by atoms with Crippen molar-refractivity contribution in [1.29, 1.82) is 0 Å². The summed E-state index contributed by atoms with van der Waals surface area (Å²) in [5, 5.41) is 3.60. The van der Waals surface area contributed by atoms with Gasteiger partial charge in [0.1, 0.15) is 0 Å². The minimum atomic E-state index is -0.147. The van der Waals surface area contributed by atoms with Crippen LogP contribution < -0.4 is 11.1 Å². The third-order valence-corrected chi connectivity index (χ3v) is 4.78. The first-order valence-electron chi connectivity index (χ1n) is 7.01. The van der Waals surface area contributed by atoms with Crippen molar-refractivity contribution in [2.75, 3.05) is 12.3 Å². The largest absolute Gasteiger partial charge is 0.396 e. The molecule has 3 nitrogen and oxygen atoms in total. The van der Waals surface area contributed by atoms with Gasteiger partial charge < -0.3 is 11.1 Å². The molecule has 110 valence electrons. The normalized spacial score (nSPS) is 22.6. The third kappa shape index (κ3) is 3.58. The topological polar surface area (TPSA) is 55.1 Å². The Bertz CT molecular complexity index is 482. The second kappa shape index (κ2) is 6.68. The van der Waals surface area contributed by atoms with Crippen molar-refractivity contribution in [3.8, 4) is 0 Å². The van der Waals surface area contributed by atoms with E-state index >= 15 is 0 Å². The summed E-state index contributed by atoms with van der Waals surface area (Å²) in [4.78, 5) is 12.1. The second-order valence-electron chi connectivity index (χ2n) is 5.59. The van der Waals surface area contributed by atoms with Gasteiger partial charge in [-0.15, -0.1) is 0 Å². The number of amides is 1. The average Bonchev–Trinajstić information content (AvgIpc) is 2.43. The van der Waals surface area contributed by atoms with Crippen LogP contribution in [0.5, 0.6) is 0 Å². The number of hydrogen-bond acceptors (Lipinski definition) is 2. The lowest BCUT2D eigenvalue weighted by molar-refractivity contribution is 0.0936. The van der Waals surface area contributed by atoms with Crippen molar-refractivity contribution in [3.05, 3.63) is 27.7 Å². The van der Waals surface area contributed by atoms with Gasteiger partial charge in [-0.3, -0.25) is 4.79 Å². The van der Waals surface area contributed by atoms with Gasteiger partial charge in [0, 0.05) is 12.1 Å². The number of rotatable bonds is 3. The number of benzene rings is 1. The predicted octanol–water partition coefficient (Wildman–Crippen LogP) is 4.13. The zero-order valence-corrected chi connectivity index (χ0v) is 13.1. The third-order valence-electron chi connectivity index (χ3n) is 4.16. The smallest absolute Gasteiger partial charge is 0.251 e. The summed E-state index contributed by atoms with van der Waals surface area (Å²) in [6, 6.07) is 3.12. The highest BCUT2D eigenvalue weighted by Crippen LogP contribution is 2.30. The van der Waals surface area contributed by atoms with Crippen LogP contribution in [0.4, 0.5) is 5.69 Å². The fourth-order valence-corrected chi connectivity index (χ4v) is 3.22. The lowest BCUT2D eigenvalue weighted by Gasteiger charge is -2.28. The van der Waals surface area contributed by atoms with Crippen LogP contribution in [0.1, 0.15) is 43.0 Å². The highest BCUT2D eigenvalue weighted by atomic mass is 35.5. The maximum atomic E-state index is 12.1. The van der Waals surface area contributed by atoms with Gasteiger partial charge in [-0.05, 0) is 30.4 Å². The van der Waals surface area contributed by atoms with Crippen molar-refractivity contribution >= 4 is 34.8 Å². The summed E-state index contributed by atoms with van der Waals surface area (Å²) in [6.07, 6.45) is 4.99. The Kier molecular flexibility index (Phi) is 5.17. The van der Waals surface area contributed by atoms with Crippen LogP contribution >= 0.6 is 23.2 Å².